The van der Waals surface area contributed by atoms with Gasteiger partial charge in [-0.3, -0.25) is 19.3 Å². The van der Waals surface area contributed by atoms with Crippen molar-refractivity contribution >= 4 is 52.4 Å². The van der Waals surface area contributed by atoms with Gasteiger partial charge in [0, 0.05) is 22.0 Å². The molecule has 0 aromatic heterocycles. The molecule has 1 unspecified atom stereocenters. The standard InChI is InChI=1S/C25H17ClN2O4S/c26-17-12-10-16(11-13-17)21(29)20-22(30)23(31)28-18-8-4-5-9-19(18)33-25(20,28)24(32)27-14-15-6-2-1-3-7-15/h1-13,29H,14H2,(H,27,32)/b21-20+. The number of nitrogens with one attached hydrogen (secondary N) is 1. The van der Waals surface area contributed by atoms with E-state index < -0.39 is 28.2 Å². The maximum Gasteiger partial charge on any atom is 0.301 e. The van der Waals surface area contributed by atoms with E-state index >= 15 is 0 Å². The molecule has 0 aliphatic carbocycles. The number of carbonyl (C=O) groups excluding carboxylic acids is 3. The van der Waals surface area contributed by atoms with Crippen molar-refractivity contribution in [2.24, 2.45) is 0 Å². The monoisotopic (exact) mass is 476 g/mol. The third kappa shape index (κ3) is 3.32. The molecular formula is C25H17ClN2O4S. The number of hydrogen-bond acceptors (Lipinski definition) is 5. The fourth-order valence-corrected chi connectivity index (χ4v) is 5.64. The Morgan fingerprint density at radius 1 is 0.970 bits per heavy atom. The van der Waals surface area contributed by atoms with E-state index in [1.807, 2.05) is 30.3 Å². The van der Waals surface area contributed by atoms with E-state index in [0.717, 1.165) is 17.3 Å². The molecule has 0 bridgehead atoms. The van der Waals surface area contributed by atoms with Crippen molar-refractivity contribution in [1.82, 2.24) is 5.32 Å². The number of hydrogen-bond donors (Lipinski definition) is 2. The Hall–Kier alpha value is -3.55. The topological polar surface area (TPSA) is 86.7 Å². The number of rotatable bonds is 4. The SMILES string of the molecule is O=C1C(=O)N2c3ccccc3SC2(C(=O)NCc2ccccc2)/C1=C(/O)c1ccc(Cl)cc1. The fraction of sp³-hybridized carbons (Fsp3) is 0.0800. The molecule has 8 heteroatoms. The van der Waals surface area contributed by atoms with Gasteiger partial charge in [0.15, 0.2) is 0 Å². The zero-order chi connectivity index (χ0) is 23.2. The predicted octanol–water partition coefficient (Wildman–Crippen LogP) is 4.34. The third-order valence-electron chi connectivity index (χ3n) is 5.60. The number of benzene rings is 3. The zero-order valence-electron chi connectivity index (χ0n) is 17.1. The van der Waals surface area contributed by atoms with Crippen LogP contribution in [-0.2, 0) is 20.9 Å². The van der Waals surface area contributed by atoms with Crippen molar-refractivity contribution in [3.05, 3.63) is 101 Å². The molecule has 1 atom stereocenters. The molecule has 1 fully saturated rings. The lowest BCUT2D eigenvalue weighted by atomic mass is 9.99. The molecule has 0 spiro atoms. The van der Waals surface area contributed by atoms with Crippen LogP contribution in [0.25, 0.3) is 5.76 Å². The summed E-state index contributed by atoms with van der Waals surface area (Å²) in [5.74, 6) is -2.78. The Morgan fingerprint density at radius 3 is 2.36 bits per heavy atom. The maximum absolute atomic E-state index is 13.7. The minimum absolute atomic E-state index is 0.198. The number of anilines is 1. The molecular weight excluding hydrogens is 460 g/mol. The first-order chi connectivity index (χ1) is 15.9. The normalized spacial score (nSPS) is 20.5. The van der Waals surface area contributed by atoms with Gasteiger partial charge in [0.25, 0.3) is 11.7 Å². The Bertz CT molecular complexity index is 1320. The van der Waals surface area contributed by atoms with Crippen LogP contribution in [0.4, 0.5) is 5.69 Å². The summed E-state index contributed by atoms with van der Waals surface area (Å²) in [6, 6.07) is 22.5. The van der Waals surface area contributed by atoms with Crippen LogP contribution < -0.4 is 10.2 Å². The first-order valence-corrected chi connectivity index (χ1v) is 11.3. The highest BCUT2D eigenvalue weighted by Gasteiger charge is 2.66. The van der Waals surface area contributed by atoms with Gasteiger partial charge in [-0.2, -0.15) is 0 Å². The number of amides is 2. The molecule has 164 valence electrons. The number of halogens is 1. The summed E-state index contributed by atoms with van der Waals surface area (Å²) in [6.07, 6.45) is 0. The largest absolute Gasteiger partial charge is 0.507 e. The van der Waals surface area contributed by atoms with Crippen molar-refractivity contribution in [2.75, 3.05) is 4.90 Å². The van der Waals surface area contributed by atoms with Crippen LogP contribution in [0.3, 0.4) is 0 Å². The van der Waals surface area contributed by atoms with E-state index in [4.69, 9.17) is 11.6 Å². The number of aliphatic hydroxyl groups is 1. The quantitative estimate of drug-likeness (QED) is 0.332. The minimum Gasteiger partial charge on any atom is -0.507 e. The van der Waals surface area contributed by atoms with Crippen LogP contribution in [0.1, 0.15) is 11.1 Å². The summed E-state index contributed by atoms with van der Waals surface area (Å²) in [6.45, 7) is 0.198. The molecule has 2 amide bonds. The van der Waals surface area contributed by atoms with Crippen LogP contribution in [0.2, 0.25) is 5.02 Å². The van der Waals surface area contributed by atoms with Crippen molar-refractivity contribution < 1.29 is 19.5 Å². The lowest BCUT2D eigenvalue weighted by Crippen LogP contribution is -2.53. The van der Waals surface area contributed by atoms with Crippen molar-refractivity contribution in [1.29, 1.82) is 0 Å². The number of fused-ring (bicyclic) bond motifs is 3. The first-order valence-electron chi connectivity index (χ1n) is 10.1. The van der Waals surface area contributed by atoms with Gasteiger partial charge < -0.3 is 10.4 Å². The third-order valence-corrected chi connectivity index (χ3v) is 7.28. The highest BCUT2D eigenvalue weighted by atomic mass is 35.5. The molecule has 2 N–H and O–H groups in total. The second kappa shape index (κ2) is 8.10. The molecule has 3 aromatic rings. The van der Waals surface area contributed by atoms with Gasteiger partial charge in [-0.25, -0.2) is 0 Å². The van der Waals surface area contributed by atoms with Crippen molar-refractivity contribution in [2.45, 2.75) is 16.3 Å². The summed E-state index contributed by atoms with van der Waals surface area (Å²) in [5.41, 5.74) is 1.33. The Balaban J connectivity index is 1.66. The van der Waals surface area contributed by atoms with Crippen LogP contribution in [0.5, 0.6) is 0 Å². The minimum atomic E-state index is -1.77. The van der Waals surface area contributed by atoms with Gasteiger partial charge in [0.05, 0.1) is 11.3 Å². The van der Waals surface area contributed by atoms with Gasteiger partial charge in [0.1, 0.15) is 5.76 Å². The molecule has 6 nitrogen and oxygen atoms in total. The summed E-state index contributed by atoms with van der Waals surface area (Å²) in [4.78, 5) is 40.1. The van der Waals surface area contributed by atoms with Crippen LogP contribution >= 0.6 is 23.4 Å². The number of nitrogens with zero attached hydrogens (tertiary/aromatic N) is 1. The van der Waals surface area contributed by atoms with Gasteiger partial charge >= 0.3 is 5.91 Å². The van der Waals surface area contributed by atoms with Gasteiger partial charge in [0.2, 0.25) is 4.87 Å². The van der Waals surface area contributed by atoms with Crippen molar-refractivity contribution in [3.63, 3.8) is 0 Å². The smallest absolute Gasteiger partial charge is 0.301 e. The number of Topliss-reactive ketones (excluding diaryl/α,β-unsaturated/α-hetero) is 1. The Kier molecular flexibility index (Phi) is 5.23. The summed E-state index contributed by atoms with van der Waals surface area (Å²) in [7, 11) is 0. The molecule has 2 heterocycles. The van der Waals surface area contributed by atoms with Crippen LogP contribution in [0.15, 0.2) is 89.3 Å². The highest BCUT2D eigenvalue weighted by Crippen LogP contribution is 2.58. The average Bonchev–Trinajstić information content (AvgIpc) is 3.28. The molecule has 2 aliphatic heterocycles. The highest BCUT2D eigenvalue weighted by molar-refractivity contribution is 8.02. The number of ketones is 1. The Labute approximate surface area is 198 Å². The molecule has 1 saturated heterocycles. The van der Waals surface area contributed by atoms with E-state index in [2.05, 4.69) is 5.32 Å². The van der Waals surface area contributed by atoms with E-state index in [9.17, 15) is 19.5 Å². The molecule has 0 saturated carbocycles. The Morgan fingerprint density at radius 2 is 1.64 bits per heavy atom. The second-order valence-electron chi connectivity index (χ2n) is 7.58. The van der Waals surface area contributed by atoms with E-state index in [-0.39, 0.29) is 17.7 Å². The number of aliphatic hydroxyl groups excluding tert-OH is 1. The van der Waals surface area contributed by atoms with Crippen molar-refractivity contribution in [3.8, 4) is 0 Å². The zero-order valence-corrected chi connectivity index (χ0v) is 18.7. The fourth-order valence-electron chi connectivity index (χ4n) is 4.06. The number of thioether (sulfide) groups is 1. The molecule has 5 rings (SSSR count). The summed E-state index contributed by atoms with van der Waals surface area (Å²) < 4.78 is 0. The van der Waals surface area contributed by atoms with E-state index in [0.29, 0.717) is 15.6 Å². The molecule has 2 aliphatic rings. The summed E-state index contributed by atoms with van der Waals surface area (Å²) >= 11 is 7.03. The van der Waals surface area contributed by atoms with Gasteiger partial charge in [-0.1, -0.05) is 65.8 Å². The second-order valence-corrected chi connectivity index (χ2v) is 9.25. The molecule has 33 heavy (non-hydrogen) atoms. The van der Waals surface area contributed by atoms with Crippen LogP contribution in [0, 0.1) is 0 Å². The lowest BCUT2D eigenvalue weighted by Gasteiger charge is -2.30. The maximum atomic E-state index is 13.7. The van der Waals surface area contributed by atoms with Crippen LogP contribution in [-0.4, -0.2) is 27.6 Å². The number of carbonyl (C=O) groups is 3. The van der Waals surface area contributed by atoms with E-state index in [1.165, 1.54) is 17.0 Å². The predicted molar refractivity (Wildman–Crippen MR) is 127 cm³/mol. The first kappa shape index (κ1) is 21.3. The van der Waals surface area contributed by atoms with Gasteiger partial charge in [-0.15, -0.1) is 0 Å². The summed E-state index contributed by atoms with van der Waals surface area (Å²) in [5, 5.41) is 14.5. The molecule has 0 radical (unpaired) electrons. The van der Waals surface area contributed by atoms with Gasteiger partial charge in [-0.05, 0) is 42.0 Å². The number of para-hydroxylation sites is 1. The van der Waals surface area contributed by atoms with E-state index in [1.54, 1.807) is 36.4 Å². The lowest BCUT2D eigenvalue weighted by molar-refractivity contribution is -0.132. The average molecular weight is 477 g/mol. The molecule has 3 aromatic carbocycles.